The van der Waals surface area contributed by atoms with Crippen molar-refractivity contribution < 1.29 is 18.0 Å². The van der Waals surface area contributed by atoms with Gasteiger partial charge in [-0.25, -0.2) is 13.2 Å². The monoisotopic (exact) mass is 250 g/mol. The standard InChI is InChI=1S/C14H9F3O/c1-8-5-6-9(15)7-10(8)14(18)13-11(16)3-2-4-12(13)17/h2-7H,1H3. The lowest BCUT2D eigenvalue weighted by Crippen LogP contribution is -2.09. The first-order chi connectivity index (χ1) is 8.50. The minimum Gasteiger partial charge on any atom is -0.288 e. The molecule has 0 bridgehead atoms. The summed E-state index contributed by atoms with van der Waals surface area (Å²) >= 11 is 0. The molecular formula is C14H9F3O. The summed E-state index contributed by atoms with van der Waals surface area (Å²) in [6.45, 7) is 1.57. The molecule has 0 aliphatic rings. The van der Waals surface area contributed by atoms with Gasteiger partial charge < -0.3 is 0 Å². The van der Waals surface area contributed by atoms with Crippen molar-refractivity contribution >= 4 is 5.78 Å². The van der Waals surface area contributed by atoms with Gasteiger partial charge in [0.05, 0.1) is 5.56 Å². The predicted octanol–water partition coefficient (Wildman–Crippen LogP) is 3.64. The fourth-order valence-corrected chi connectivity index (χ4v) is 1.69. The fraction of sp³-hybridized carbons (Fsp3) is 0.0714. The highest BCUT2D eigenvalue weighted by Crippen LogP contribution is 2.20. The second-order valence-electron chi connectivity index (χ2n) is 3.89. The molecule has 0 heterocycles. The smallest absolute Gasteiger partial charge is 0.199 e. The highest BCUT2D eigenvalue weighted by molar-refractivity contribution is 6.10. The van der Waals surface area contributed by atoms with Crippen LogP contribution in [0.3, 0.4) is 0 Å². The number of rotatable bonds is 2. The summed E-state index contributed by atoms with van der Waals surface area (Å²) in [5.74, 6) is -3.39. The first kappa shape index (κ1) is 12.4. The van der Waals surface area contributed by atoms with E-state index in [1.54, 1.807) is 6.92 Å². The summed E-state index contributed by atoms with van der Waals surface area (Å²) in [4.78, 5) is 12.0. The lowest BCUT2D eigenvalue weighted by molar-refractivity contribution is 0.103. The van der Waals surface area contributed by atoms with Crippen molar-refractivity contribution in [3.05, 3.63) is 70.5 Å². The van der Waals surface area contributed by atoms with Crippen molar-refractivity contribution in [3.8, 4) is 0 Å². The zero-order valence-electron chi connectivity index (χ0n) is 9.51. The number of carbonyl (C=O) groups is 1. The van der Waals surface area contributed by atoms with Crippen molar-refractivity contribution in [2.24, 2.45) is 0 Å². The van der Waals surface area contributed by atoms with E-state index in [4.69, 9.17) is 0 Å². The SMILES string of the molecule is Cc1ccc(F)cc1C(=O)c1c(F)cccc1F. The van der Waals surface area contributed by atoms with E-state index in [1.165, 1.54) is 18.2 Å². The normalized spacial score (nSPS) is 10.4. The van der Waals surface area contributed by atoms with Gasteiger partial charge in [0, 0.05) is 5.56 Å². The zero-order valence-corrected chi connectivity index (χ0v) is 9.51. The lowest BCUT2D eigenvalue weighted by Gasteiger charge is -2.07. The summed E-state index contributed by atoms with van der Waals surface area (Å²) < 4.78 is 40.0. The van der Waals surface area contributed by atoms with E-state index in [0.29, 0.717) is 5.56 Å². The van der Waals surface area contributed by atoms with Gasteiger partial charge in [-0.3, -0.25) is 4.79 Å². The van der Waals surface area contributed by atoms with Crippen molar-refractivity contribution in [2.45, 2.75) is 6.92 Å². The minimum absolute atomic E-state index is 0.0426. The molecule has 0 radical (unpaired) electrons. The van der Waals surface area contributed by atoms with E-state index in [9.17, 15) is 18.0 Å². The molecule has 0 unspecified atom stereocenters. The molecule has 0 aromatic heterocycles. The van der Waals surface area contributed by atoms with E-state index in [-0.39, 0.29) is 5.56 Å². The molecule has 2 aromatic rings. The van der Waals surface area contributed by atoms with Crippen LogP contribution in [0.2, 0.25) is 0 Å². The summed E-state index contributed by atoms with van der Waals surface area (Å²) in [6, 6.07) is 6.70. The molecule has 0 saturated carbocycles. The number of hydrogen-bond donors (Lipinski definition) is 0. The molecule has 0 fully saturated rings. The predicted molar refractivity (Wildman–Crippen MR) is 60.9 cm³/mol. The van der Waals surface area contributed by atoms with Crippen LogP contribution in [0, 0.1) is 24.4 Å². The Hall–Kier alpha value is -2.10. The molecule has 18 heavy (non-hydrogen) atoms. The number of aryl methyl sites for hydroxylation is 1. The Kier molecular flexibility index (Phi) is 3.19. The molecule has 0 aliphatic heterocycles. The topological polar surface area (TPSA) is 17.1 Å². The van der Waals surface area contributed by atoms with Crippen LogP contribution in [0.15, 0.2) is 36.4 Å². The first-order valence-electron chi connectivity index (χ1n) is 5.25. The summed E-state index contributed by atoms with van der Waals surface area (Å²) in [5.41, 5.74) is -0.241. The highest BCUT2D eigenvalue weighted by Gasteiger charge is 2.20. The number of hydrogen-bond acceptors (Lipinski definition) is 1. The number of halogens is 3. The van der Waals surface area contributed by atoms with Gasteiger partial charge in [0.2, 0.25) is 0 Å². The van der Waals surface area contributed by atoms with Gasteiger partial charge in [-0.2, -0.15) is 0 Å². The largest absolute Gasteiger partial charge is 0.288 e. The number of benzene rings is 2. The van der Waals surface area contributed by atoms with E-state index in [0.717, 1.165) is 18.2 Å². The molecule has 0 aliphatic carbocycles. The van der Waals surface area contributed by atoms with Crippen LogP contribution in [0.4, 0.5) is 13.2 Å². The average molecular weight is 250 g/mol. The summed E-state index contributed by atoms with van der Waals surface area (Å²) in [6.07, 6.45) is 0. The Labute approximate surface area is 102 Å². The Morgan fingerprint density at radius 2 is 1.61 bits per heavy atom. The maximum atomic E-state index is 13.5. The third-order valence-corrected chi connectivity index (χ3v) is 2.63. The number of ketones is 1. The minimum atomic E-state index is -0.955. The third-order valence-electron chi connectivity index (χ3n) is 2.63. The van der Waals surface area contributed by atoms with E-state index in [1.807, 2.05) is 0 Å². The van der Waals surface area contributed by atoms with Crippen molar-refractivity contribution in [1.82, 2.24) is 0 Å². The second-order valence-corrected chi connectivity index (χ2v) is 3.89. The van der Waals surface area contributed by atoms with E-state index < -0.39 is 28.8 Å². The zero-order chi connectivity index (χ0) is 13.3. The molecule has 0 atom stereocenters. The van der Waals surface area contributed by atoms with Gasteiger partial charge in [0.1, 0.15) is 17.5 Å². The van der Waals surface area contributed by atoms with Crippen molar-refractivity contribution in [3.63, 3.8) is 0 Å². The van der Waals surface area contributed by atoms with Crippen molar-refractivity contribution in [1.29, 1.82) is 0 Å². The third kappa shape index (κ3) is 2.14. The maximum absolute atomic E-state index is 13.5. The molecule has 0 saturated heterocycles. The van der Waals surface area contributed by atoms with Crippen molar-refractivity contribution in [2.75, 3.05) is 0 Å². The maximum Gasteiger partial charge on any atom is 0.199 e. The Morgan fingerprint density at radius 3 is 2.22 bits per heavy atom. The van der Waals surface area contributed by atoms with Gasteiger partial charge in [0.15, 0.2) is 5.78 Å². The Balaban J connectivity index is 2.58. The second kappa shape index (κ2) is 4.64. The van der Waals surface area contributed by atoms with Gasteiger partial charge in [-0.05, 0) is 36.8 Å². The van der Waals surface area contributed by atoms with Crippen LogP contribution in [0.1, 0.15) is 21.5 Å². The molecular weight excluding hydrogens is 241 g/mol. The van der Waals surface area contributed by atoms with Gasteiger partial charge >= 0.3 is 0 Å². The Morgan fingerprint density at radius 1 is 1.00 bits per heavy atom. The van der Waals surface area contributed by atoms with Gasteiger partial charge in [-0.1, -0.05) is 12.1 Å². The van der Waals surface area contributed by atoms with Crippen LogP contribution < -0.4 is 0 Å². The molecule has 1 nitrogen and oxygen atoms in total. The molecule has 2 aromatic carbocycles. The summed E-state index contributed by atoms with van der Waals surface area (Å²) in [7, 11) is 0. The number of carbonyl (C=O) groups excluding carboxylic acids is 1. The van der Waals surface area contributed by atoms with Crippen LogP contribution in [-0.4, -0.2) is 5.78 Å². The van der Waals surface area contributed by atoms with Crippen LogP contribution in [-0.2, 0) is 0 Å². The average Bonchev–Trinajstić information content (AvgIpc) is 2.32. The van der Waals surface area contributed by atoms with E-state index >= 15 is 0 Å². The van der Waals surface area contributed by atoms with E-state index in [2.05, 4.69) is 0 Å². The quantitative estimate of drug-likeness (QED) is 0.743. The molecule has 92 valence electrons. The lowest BCUT2D eigenvalue weighted by atomic mass is 9.98. The van der Waals surface area contributed by atoms with Gasteiger partial charge in [-0.15, -0.1) is 0 Å². The molecule has 0 N–H and O–H groups in total. The molecule has 4 heteroatoms. The van der Waals surface area contributed by atoms with Crippen LogP contribution in [0.25, 0.3) is 0 Å². The first-order valence-corrected chi connectivity index (χ1v) is 5.25. The Bertz CT molecular complexity index is 600. The molecule has 0 spiro atoms. The highest BCUT2D eigenvalue weighted by atomic mass is 19.1. The van der Waals surface area contributed by atoms with Crippen LogP contribution >= 0.6 is 0 Å². The fourth-order valence-electron chi connectivity index (χ4n) is 1.69. The molecule has 0 amide bonds. The van der Waals surface area contributed by atoms with Gasteiger partial charge in [0.25, 0.3) is 0 Å². The molecule has 2 rings (SSSR count). The summed E-state index contributed by atoms with van der Waals surface area (Å²) in [5, 5.41) is 0. The van der Waals surface area contributed by atoms with Crippen LogP contribution in [0.5, 0.6) is 0 Å².